The van der Waals surface area contributed by atoms with Gasteiger partial charge in [0.05, 0.1) is 18.8 Å². The summed E-state index contributed by atoms with van der Waals surface area (Å²) in [4.78, 5) is 0. The van der Waals surface area contributed by atoms with Crippen molar-refractivity contribution in [3.8, 4) is 0 Å². The zero-order chi connectivity index (χ0) is 16.3. The minimum absolute atomic E-state index is 0.364. The summed E-state index contributed by atoms with van der Waals surface area (Å²) in [5.74, 6) is 0.283. The van der Waals surface area contributed by atoms with Gasteiger partial charge < -0.3 is 15.2 Å². The Morgan fingerprint density at radius 3 is 2.22 bits per heavy atom. The Morgan fingerprint density at radius 2 is 1.61 bits per heavy atom. The van der Waals surface area contributed by atoms with Gasteiger partial charge in [0.1, 0.15) is 0 Å². The van der Waals surface area contributed by atoms with E-state index in [9.17, 15) is 0 Å². The molecule has 0 aromatic heterocycles. The predicted molar refractivity (Wildman–Crippen MR) is 93.5 cm³/mol. The van der Waals surface area contributed by atoms with Gasteiger partial charge in [0, 0.05) is 0 Å². The topological polar surface area (TPSA) is 44.5 Å². The first-order valence-corrected chi connectivity index (χ1v) is 9.12. The molecule has 0 amide bonds. The van der Waals surface area contributed by atoms with Crippen LogP contribution >= 0.6 is 0 Å². The monoisotopic (exact) mass is 317 g/mol. The van der Waals surface area contributed by atoms with Crippen LogP contribution in [0.3, 0.4) is 0 Å². The highest BCUT2D eigenvalue weighted by Crippen LogP contribution is 2.33. The molecule has 1 heterocycles. The van der Waals surface area contributed by atoms with Crippen LogP contribution in [0.5, 0.6) is 0 Å². The Morgan fingerprint density at radius 1 is 1.00 bits per heavy atom. The zero-order valence-corrected chi connectivity index (χ0v) is 14.6. The molecular weight excluding hydrogens is 286 g/mol. The number of benzene rings is 1. The van der Waals surface area contributed by atoms with E-state index in [1.54, 1.807) is 0 Å². The third kappa shape index (κ3) is 4.56. The van der Waals surface area contributed by atoms with Crippen molar-refractivity contribution in [1.29, 1.82) is 0 Å². The van der Waals surface area contributed by atoms with Crippen LogP contribution in [-0.2, 0) is 15.9 Å². The minimum atomic E-state index is -0.496. The molecule has 1 aliphatic heterocycles. The minimum Gasteiger partial charge on any atom is -0.349 e. The zero-order valence-electron chi connectivity index (χ0n) is 14.6. The predicted octanol–water partition coefficient (Wildman–Crippen LogP) is 4.15. The molecule has 0 radical (unpaired) electrons. The van der Waals surface area contributed by atoms with Gasteiger partial charge in [-0.1, -0.05) is 43.5 Å². The molecule has 0 bridgehead atoms. The summed E-state index contributed by atoms with van der Waals surface area (Å²) in [6, 6.07) is 9.21. The standard InChI is InChI=1S/C20H31NO2/c1-19(2)22-14-20(21,15-23-19)13-12-16-8-10-18(11-9-16)17-6-4-3-5-7-17/h8-11,17H,3-7,12-15,21H2,1-2H3. The Bertz CT molecular complexity index is 493. The van der Waals surface area contributed by atoms with Gasteiger partial charge in [0.2, 0.25) is 0 Å². The van der Waals surface area contributed by atoms with E-state index in [2.05, 4.69) is 24.3 Å². The molecule has 1 saturated heterocycles. The summed E-state index contributed by atoms with van der Waals surface area (Å²) in [6.07, 6.45) is 8.77. The molecule has 2 aliphatic rings. The van der Waals surface area contributed by atoms with Crippen molar-refractivity contribution in [3.63, 3.8) is 0 Å². The van der Waals surface area contributed by atoms with Gasteiger partial charge in [0.25, 0.3) is 0 Å². The lowest BCUT2D eigenvalue weighted by Crippen LogP contribution is -2.57. The second kappa shape index (κ2) is 6.92. The van der Waals surface area contributed by atoms with Gasteiger partial charge in [-0.25, -0.2) is 0 Å². The first kappa shape index (κ1) is 16.9. The molecule has 1 saturated carbocycles. The Labute approximate surface area is 140 Å². The number of rotatable bonds is 4. The maximum absolute atomic E-state index is 6.42. The van der Waals surface area contributed by atoms with Gasteiger partial charge in [-0.15, -0.1) is 0 Å². The highest BCUT2D eigenvalue weighted by atomic mass is 16.7. The molecule has 2 N–H and O–H groups in total. The van der Waals surface area contributed by atoms with Crippen molar-refractivity contribution in [2.24, 2.45) is 5.73 Å². The summed E-state index contributed by atoms with van der Waals surface area (Å²) in [5, 5.41) is 0. The number of ether oxygens (including phenoxy) is 2. The Balaban J connectivity index is 1.52. The molecule has 3 rings (SSSR count). The van der Waals surface area contributed by atoms with E-state index in [1.165, 1.54) is 43.2 Å². The van der Waals surface area contributed by atoms with Crippen LogP contribution in [0.25, 0.3) is 0 Å². The maximum Gasteiger partial charge on any atom is 0.162 e. The van der Waals surface area contributed by atoms with Crippen molar-refractivity contribution in [2.45, 2.75) is 76.0 Å². The van der Waals surface area contributed by atoms with E-state index in [0.29, 0.717) is 13.2 Å². The lowest BCUT2D eigenvalue weighted by molar-refractivity contribution is -0.267. The molecule has 1 aliphatic carbocycles. The van der Waals surface area contributed by atoms with Gasteiger partial charge in [-0.3, -0.25) is 0 Å². The lowest BCUT2D eigenvalue weighted by Gasteiger charge is -2.41. The molecule has 128 valence electrons. The summed E-state index contributed by atoms with van der Waals surface area (Å²) in [7, 11) is 0. The molecule has 0 spiro atoms. The number of nitrogens with two attached hydrogens (primary N) is 1. The third-order valence-corrected chi connectivity index (χ3v) is 5.38. The van der Waals surface area contributed by atoms with Crippen LogP contribution in [-0.4, -0.2) is 24.5 Å². The van der Waals surface area contributed by atoms with Gasteiger partial charge in [-0.05, 0) is 56.6 Å². The quantitative estimate of drug-likeness (QED) is 0.907. The average Bonchev–Trinajstić information content (AvgIpc) is 2.58. The van der Waals surface area contributed by atoms with E-state index in [1.807, 2.05) is 13.8 Å². The molecule has 3 nitrogen and oxygen atoms in total. The fourth-order valence-corrected chi connectivity index (χ4v) is 3.65. The van der Waals surface area contributed by atoms with E-state index in [-0.39, 0.29) is 5.54 Å². The van der Waals surface area contributed by atoms with E-state index in [4.69, 9.17) is 15.2 Å². The van der Waals surface area contributed by atoms with E-state index < -0.39 is 5.79 Å². The highest BCUT2D eigenvalue weighted by molar-refractivity contribution is 5.26. The van der Waals surface area contributed by atoms with Gasteiger partial charge >= 0.3 is 0 Å². The first-order chi connectivity index (χ1) is 11.0. The molecule has 2 fully saturated rings. The molecule has 1 aromatic rings. The lowest BCUT2D eigenvalue weighted by atomic mass is 9.83. The van der Waals surface area contributed by atoms with Crippen LogP contribution in [0.1, 0.15) is 69.4 Å². The molecule has 1 aromatic carbocycles. The Kier molecular flexibility index (Phi) is 5.10. The normalized spacial score (nSPS) is 24.5. The molecule has 0 atom stereocenters. The average molecular weight is 317 g/mol. The van der Waals surface area contributed by atoms with Gasteiger partial charge in [-0.2, -0.15) is 0 Å². The molecule has 3 heteroatoms. The summed E-state index contributed by atoms with van der Waals surface area (Å²) >= 11 is 0. The van der Waals surface area contributed by atoms with Crippen LogP contribution in [0.4, 0.5) is 0 Å². The van der Waals surface area contributed by atoms with Crippen molar-refractivity contribution in [2.75, 3.05) is 13.2 Å². The summed E-state index contributed by atoms with van der Waals surface area (Å²) < 4.78 is 11.4. The largest absolute Gasteiger partial charge is 0.349 e. The smallest absolute Gasteiger partial charge is 0.162 e. The van der Waals surface area contributed by atoms with Crippen molar-refractivity contribution in [1.82, 2.24) is 0 Å². The van der Waals surface area contributed by atoms with Crippen LogP contribution in [0.15, 0.2) is 24.3 Å². The third-order valence-electron chi connectivity index (χ3n) is 5.38. The highest BCUT2D eigenvalue weighted by Gasteiger charge is 2.36. The fraction of sp³-hybridized carbons (Fsp3) is 0.700. The number of hydrogen-bond acceptors (Lipinski definition) is 3. The molecule has 23 heavy (non-hydrogen) atoms. The fourth-order valence-electron chi connectivity index (χ4n) is 3.65. The van der Waals surface area contributed by atoms with Crippen molar-refractivity contribution >= 4 is 0 Å². The molecule has 0 unspecified atom stereocenters. The van der Waals surface area contributed by atoms with Crippen LogP contribution in [0.2, 0.25) is 0 Å². The van der Waals surface area contributed by atoms with Gasteiger partial charge in [0.15, 0.2) is 5.79 Å². The second-order valence-electron chi connectivity index (χ2n) is 7.92. The van der Waals surface area contributed by atoms with Crippen molar-refractivity contribution < 1.29 is 9.47 Å². The maximum atomic E-state index is 6.42. The SMILES string of the molecule is CC1(C)OCC(N)(CCc2ccc(C3CCCCC3)cc2)CO1. The number of hydrogen-bond donors (Lipinski definition) is 1. The van der Waals surface area contributed by atoms with E-state index >= 15 is 0 Å². The van der Waals surface area contributed by atoms with Crippen LogP contribution in [0, 0.1) is 0 Å². The molecular formula is C20H31NO2. The Hall–Kier alpha value is -0.900. The van der Waals surface area contributed by atoms with Crippen LogP contribution < -0.4 is 5.73 Å². The summed E-state index contributed by atoms with van der Waals surface area (Å²) in [5.41, 5.74) is 8.94. The first-order valence-electron chi connectivity index (χ1n) is 9.12. The number of aryl methyl sites for hydroxylation is 1. The van der Waals surface area contributed by atoms with Crippen molar-refractivity contribution in [3.05, 3.63) is 35.4 Å². The second-order valence-corrected chi connectivity index (χ2v) is 7.92. The van der Waals surface area contributed by atoms with E-state index in [0.717, 1.165) is 18.8 Å². The summed E-state index contributed by atoms with van der Waals surface area (Å²) in [6.45, 7) is 5.02.